The third-order valence-electron chi connectivity index (χ3n) is 2.49. The molecule has 1 unspecified atom stereocenters. The third kappa shape index (κ3) is 4.21. The Bertz CT molecular complexity index is 353. The molecule has 17 heavy (non-hydrogen) atoms. The van der Waals surface area contributed by atoms with E-state index in [1.54, 1.807) is 0 Å². The molecule has 1 N–H and O–H groups in total. The monoisotopic (exact) mass is 237 g/mol. The van der Waals surface area contributed by atoms with E-state index in [1.807, 2.05) is 19.9 Å². The summed E-state index contributed by atoms with van der Waals surface area (Å²) in [7, 11) is 0. The highest BCUT2D eigenvalue weighted by Crippen LogP contribution is 2.19. The minimum atomic E-state index is 0.180. The third-order valence-corrected chi connectivity index (χ3v) is 2.49. The predicted octanol–water partition coefficient (Wildman–Crippen LogP) is 3.21. The minimum Gasteiger partial charge on any atom is -0.475 e. The maximum absolute atomic E-state index is 5.75. The van der Waals surface area contributed by atoms with Crippen molar-refractivity contribution >= 4 is 5.82 Å². The van der Waals surface area contributed by atoms with Crippen LogP contribution < -0.4 is 10.1 Å². The van der Waals surface area contributed by atoms with Crippen LogP contribution in [0.4, 0.5) is 5.82 Å². The molecule has 96 valence electrons. The SMILES string of the molecule is CCNc1cc(OC(C)CC)nc(C(C)C)n1. The van der Waals surface area contributed by atoms with E-state index in [0.717, 1.165) is 24.6 Å². The Balaban J connectivity index is 2.94. The fourth-order valence-electron chi connectivity index (χ4n) is 1.32. The van der Waals surface area contributed by atoms with Crippen molar-refractivity contribution in [2.75, 3.05) is 11.9 Å². The van der Waals surface area contributed by atoms with Gasteiger partial charge in [-0.2, -0.15) is 4.98 Å². The molecule has 0 aromatic carbocycles. The van der Waals surface area contributed by atoms with E-state index in [0.29, 0.717) is 11.8 Å². The van der Waals surface area contributed by atoms with Crippen LogP contribution in [0.3, 0.4) is 0 Å². The van der Waals surface area contributed by atoms with Gasteiger partial charge in [-0.1, -0.05) is 20.8 Å². The van der Waals surface area contributed by atoms with Gasteiger partial charge >= 0.3 is 0 Å². The summed E-state index contributed by atoms with van der Waals surface area (Å²) in [6.07, 6.45) is 1.15. The van der Waals surface area contributed by atoms with Crippen LogP contribution in [0.5, 0.6) is 5.88 Å². The van der Waals surface area contributed by atoms with E-state index >= 15 is 0 Å². The van der Waals surface area contributed by atoms with Gasteiger partial charge in [-0.05, 0) is 20.3 Å². The second-order valence-electron chi connectivity index (χ2n) is 4.47. The van der Waals surface area contributed by atoms with Crippen LogP contribution in [0, 0.1) is 0 Å². The Hall–Kier alpha value is -1.32. The van der Waals surface area contributed by atoms with Crippen LogP contribution in [0.15, 0.2) is 6.07 Å². The smallest absolute Gasteiger partial charge is 0.218 e. The summed E-state index contributed by atoms with van der Waals surface area (Å²) < 4.78 is 5.75. The highest BCUT2D eigenvalue weighted by molar-refractivity contribution is 5.38. The van der Waals surface area contributed by atoms with Crippen LogP contribution in [0.25, 0.3) is 0 Å². The molecule has 1 rings (SSSR count). The Morgan fingerprint density at radius 3 is 2.47 bits per heavy atom. The van der Waals surface area contributed by atoms with E-state index in [2.05, 4.69) is 36.1 Å². The number of anilines is 1. The molecule has 0 spiro atoms. The van der Waals surface area contributed by atoms with Gasteiger partial charge < -0.3 is 10.1 Å². The fraction of sp³-hybridized carbons (Fsp3) is 0.692. The summed E-state index contributed by atoms with van der Waals surface area (Å²) in [6, 6.07) is 1.86. The molecular weight excluding hydrogens is 214 g/mol. The van der Waals surface area contributed by atoms with Crippen molar-refractivity contribution in [1.29, 1.82) is 0 Å². The van der Waals surface area contributed by atoms with Crippen molar-refractivity contribution in [3.05, 3.63) is 11.9 Å². The summed E-state index contributed by atoms with van der Waals surface area (Å²) >= 11 is 0. The first-order valence-corrected chi connectivity index (χ1v) is 6.36. The van der Waals surface area contributed by atoms with Crippen LogP contribution >= 0.6 is 0 Å². The summed E-state index contributed by atoms with van der Waals surface area (Å²) in [5.74, 6) is 2.62. The first-order chi connectivity index (χ1) is 8.06. The standard InChI is InChI=1S/C13H23N3O/c1-6-10(5)17-12-8-11(14-7-2)15-13(16-12)9(3)4/h8-10H,6-7H2,1-5H3,(H,14,15,16). The molecule has 0 aliphatic carbocycles. The number of nitrogens with one attached hydrogen (secondary N) is 1. The van der Waals surface area contributed by atoms with Gasteiger partial charge in [0.15, 0.2) is 0 Å². The molecule has 0 bridgehead atoms. The number of ether oxygens (including phenoxy) is 1. The number of rotatable bonds is 6. The quantitative estimate of drug-likeness (QED) is 0.825. The molecule has 0 fully saturated rings. The highest BCUT2D eigenvalue weighted by atomic mass is 16.5. The van der Waals surface area contributed by atoms with Crippen molar-refractivity contribution < 1.29 is 4.74 Å². The molecule has 0 saturated carbocycles. The van der Waals surface area contributed by atoms with E-state index in [9.17, 15) is 0 Å². The summed E-state index contributed by atoms with van der Waals surface area (Å²) in [6.45, 7) is 11.2. The van der Waals surface area contributed by atoms with Gasteiger partial charge in [0.1, 0.15) is 11.6 Å². The molecule has 1 heterocycles. The van der Waals surface area contributed by atoms with E-state index in [1.165, 1.54) is 0 Å². The predicted molar refractivity (Wildman–Crippen MR) is 70.7 cm³/mol. The molecule has 1 aromatic heterocycles. The summed E-state index contributed by atoms with van der Waals surface area (Å²) in [4.78, 5) is 8.88. The molecule has 1 aromatic rings. The Morgan fingerprint density at radius 1 is 1.24 bits per heavy atom. The van der Waals surface area contributed by atoms with Gasteiger partial charge in [0.25, 0.3) is 0 Å². The van der Waals surface area contributed by atoms with Gasteiger partial charge in [-0.3, -0.25) is 0 Å². The van der Waals surface area contributed by atoms with E-state index < -0.39 is 0 Å². The number of hydrogen-bond donors (Lipinski definition) is 1. The lowest BCUT2D eigenvalue weighted by Crippen LogP contribution is -2.13. The summed E-state index contributed by atoms with van der Waals surface area (Å²) in [5.41, 5.74) is 0. The number of aromatic nitrogens is 2. The van der Waals surface area contributed by atoms with Crippen LogP contribution in [0.2, 0.25) is 0 Å². The normalized spacial score (nSPS) is 12.6. The fourth-order valence-corrected chi connectivity index (χ4v) is 1.32. The zero-order chi connectivity index (χ0) is 12.8. The van der Waals surface area contributed by atoms with Crippen molar-refractivity contribution in [1.82, 2.24) is 9.97 Å². The second-order valence-corrected chi connectivity index (χ2v) is 4.47. The van der Waals surface area contributed by atoms with Gasteiger partial charge in [0.05, 0.1) is 6.10 Å². The lowest BCUT2D eigenvalue weighted by Gasteiger charge is -2.15. The van der Waals surface area contributed by atoms with Crippen molar-refractivity contribution in [3.63, 3.8) is 0 Å². The lowest BCUT2D eigenvalue weighted by molar-refractivity contribution is 0.207. The Morgan fingerprint density at radius 2 is 1.94 bits per heavy atom. The van der Waals surface area contributed by atoms with Gasteiger partial charge in [-0.25, -0.2) is 4.98 Å². The minimum absolute atomic E-state index is 0.180. The molecule has 0 saturated heterocycles. The topological polar surface area (TPSA) is 47.0 Å². The molecular formula is C13H23N3O. The summed E-state index contributed by atoms with van der Waals surface area (Å²) in [5, 5.41) is 3.20. The van der Waals surface area contributed by atoms with Gasteiger partial charge in [0, 0.05) is 18.5 Å². The van der Waals surface area contributed by atoms with Gasteiger partial charge in [-0.15, -0.1) is 0 Å². The molecule has 4 nitrogen and oxygen atoms in total. The first-order valence-electron chi connectivity index (χ1n) is 6.36. The van der Waals surface area contributed by atoms with E-state index in [-0.39, 0.29) is 6.10 Å². The average molecular weight is 237 g/mol. The van der Waals surface area contributed by atoms with Crippen molar-refractivity contribution in [2.45, 2.75) is 53.1 Å². The van der Waals surface area contributed by atoms with Crippen molar-refractivity contribution in [2.24, 2.45) is 0 Å². The van der Waals surface area contributed by atoms with Crippen LogP contribution in [-0.4, -0.2) is 22.6 Å². The van der Waals surface area contributed by atoms with Crippen LogP contribution in [0.1, 0.15) is 52.8 Å². The van der Waals surface area contributed by atoms with E-state index in [4.69, 9.17) is 4.74 Å². The second kappa shape index (κ2) is 6.42. The number of hydrogen-bond acceptors (Lipinski definition) is 4. The molecule has 1 atom stereocenters. The number of nitrogens with zero attached hydrogens (tertiary/aromatic N) is 2. The highest BCUT2D eigenvalue weighted by Gasteiger charge is 2.10. The zero-order valence-corrected chi connectivity index (χ0v) is 11.4. The Kier molecular flexibility index (Phi) is 5.19. The lowest BCUT2D eigenvalue weighted by atomic mass is 10.2. The molecule has 4 heteroatoms. The maximum atomic E-state index is 5.75. The molecule has 0 aliphatic rings. The zero-order valence-electron chi connectivity index (χ0n) is 11.4. The maximum Gasteiger partial charge on any atom is 0.218 e. The molecule has 0 radical (unpaired) electrons. The van der Waals surface area contributed by atoms with Gasteiger partial charge in [0.2, 0.25) is 5.88 Å². The molecule has 0 amide bonds. The average Bonchev–Trinajstić information content (AvgIpc) is 2.29. The molecule has 0 aliphatic heterocycles. The van der Waals surface area contributed by atoms with Crippen molar-refractivity contribution in [3.8, 4) is 5.88 Å². The first kappa shape index (κ1) is 13.7. The Labute approximate surface area is 104 Å². The van der Waals surface area contributed by atoms with Crippen LogP contribution in [-0.2, 0) is 0 Å². The largest absolute Gasteiger partial charge is 0.475 e.